The Bertz CT molecular complexity index is 1460. The molecule has 5 heteroatoms. The predicted molar refractivity (Wildman–Crippen MR) is 175 cm³/mol. The molecule has 0 spiro atoms. The zero-order chi connectivity index (χ0) is 28.3. The van der Waals surface area contributed by atoms with Crippen LogP contribution in [0.3, 0.4) is 0 Å². The molecule has 40 heavy (non-hydrogen) atoms. The molecular weight excluding hydrogens is 644 g/mol. The topological polar surface area (TPSA) is 34.1 Å². The van der Waals surface area contributed by atoms with Crippen LogP contribution in [0.5, 0.6) is 0 Å². The van der Waals surface area contributed by atoms with E-state index in [0.29, 0.717) is 9.79 Å². The van der Waals surface area contributed by atoms with Gasteiger partial charge >= 0.3 is 0 Å². The molecule has 2 nitrogen and oxygen atoms in total. The summed E-state index contributed by atoms with van der Waals surface area (Å²) >= 11 is 7.28. The van der Waals surface area contributed by atoms with Crippen LogP contribution in [0.25, 0.3) is 22.3 Å². The number of unbranched alkanes of at least 4 members (excludes halogenated alkanes) is 10. The third-order valence-corrected chi connectivity index (χ3v) is 12.0. The highest BCUT2D eigenvalue weighted by atomic mass is 79.9. The number of halogens is 2. The Morgan fingerprint density at radius 1 is 0.550 bits per heavy atom. The fraction of sp³-hybridized carbons (Fsp3) is 0.486. The lowest BCUT2D eigenvalue weighted by Crippen LogP contribution is -2.25. The van der Waals surface area contributed by atoms with E-state index < -0.39 is 9.84 Å². The van der Waals surface area contributed by atoms with E-state index in [1.165, 1.54) is 93.7 Å². The van der Waals surface area contributed by atoms with E-state index in [4.69, 9.17) is 0 Å². The first-order valence-corrected chi connectivity index (χ1v) is 18.4. The van der Waals surface area contributed by atoms with Crippen molar-refractivity contribution in [1.82, 2.24) is 0 Å². The molecule has 0 unspecified atom stereocenters. The number of hydrogen-bond acceptors (Lipinski definition) is 2. The summed E-state index contributed by atoms with van der Waals surface area (Å²) in [4.78, 5) is 0.886. The number of sulfone groups is 1. The summed E-state index contributed by atoms with van der Waals surface area (Å²) < 4.78 is 29.3. The molecule has 1 heterocycles. The zero-order valence-electron chi connectivity index (χ0n) is 24.0. The van der Waals surface area contributed by atoms with Crippen molar-refractivity contribution in [3.8, 4) is 22.3 Å². The lowest BCUT2D eigenvalue weighted by Gasteiger charge is -2.33. The van der Waals surface area contributed by atoms with Gasteiger partial charge in [-0.15, -0.1) is 0 Å². The second-order valence-corrected chi connectivity index (χ2v) is 15.6. The van der Waals surface area contributed by atoms with E-state index in [-0.39, 0.29) is 5.41 Å². The second-order valence-electron chi connectivity index (χ2n) is 11.8. The molecule has 0 amide bonds. The van der Waals surface area contributed by atoms with Crippen molar-refractivity contribution in [2.75, 3.05) is 0 Å². The summed E-state index contributed by atoms with van der Waals surface area (Å²) in [5.74, 6) is 0. The minimum Gasteiger partial charge on any atom is -0.218 e. The summed E-state index contributed by atoms with van der Waals surface area (Å²) in [6.45, 7) is 4.55. The van der Waals surface area contributed by atoms with Crippen LogP contribution in [0.4, 0.5) is 0 Å². The van der Waals surface area contributed by atoms with Crippen molar-refractivity contribution in [1.29, 1.82) is 0 Å². The van der Waals surface area contributed by atoms with Crippen molar-refractivity contribution < 1.29 is 8.42 Å². The molecule has 0 aromatic heterocycles. The molecule has 1 aliphatic heterocycles. The zero-order valence-corrected chi connectivity index (χ0v) is 28.0. The van der Waals surface area contributed by atoms with Gasteiger partial charge in [0.2, 0.25) is 9.84 Å². The van der Waals surface area contributed by atoms with Crippen LogP contribution in [0.2, 0.25) is 0 Å². The van der Waals surface area contributed by atoms with E-state index in [2.05, 4.69) is 70.0 Å². The SMILES string of the molecule is CCCCCCCCC1(CCCCCCCC)c2cc(Br)ccc2-c2cc3c(cc21)-c1ccc(Br)cc1S3(=O)=O. The molecule has 5 rings (SSSR count). The molecule has 0 N–H and O–H groups in total. The lowest BCUT2D eigenvalue weighted by atomic mass is 9.70. The van der Waals surface area contributed by atoms with Crippen LogP contribution in [0.15, 0.2) is 67.3 Å². The highest BCUT2D eigenvalue weighted by molar-refractivity contribution is 9.10. The average Bonchev–Trinajstić information content (AvgIpc) is 3.32. The minimum atomic E-state index is -3.56. The van der Waals surface area contributed by atoms with Crippen LogP contribution >= 0.6 is 31.9 Å². The van der Waals surface area contributed by atoms with Gasteiger partial charge in [0.15, 0.2) is 0 Å². The molecule has 0 radical (unpaired) electrons. The summed E-state index contributed by atoms with van der Waals surface area (Å²) in [5, 5.41) is 0. The summed E-state index contributed by atoms with van der Waals surface area (Å²) in [6.07, 6.45) is 17.5. The van der Waals surface area contributed by atoms with Crippen LogP contribution in [-0.2, 0) is 15.3 Å². The van der Waals surface area contributed by atoms with Gasteiger partial charge in [0.1, 0.15) is 0 Å². The molecule has 1 aliphatic carbocycles. The Morgan fingerprint density at radius 3 is 1.68 bits per heavy atom. The van der Waals surface area contributed by atoms with Gasteiger partial charge in [0.05, 0.1) is 9.79 Å². The second kappa shape index (κ2) is 12.8. The highest BCUT2D eigenvalue weighted by Crippen LogP contribution is 2.58. The summed E-state index contributed by atoms with van der Waals surface area (Å²) in [5.41, 5.74) is 6.69. The molecule has 0 saturated heterocycles. The molecular formula is C35H42Br2O2S. The van der Waals surface area contributed by atoms with Crippen LogP contribution in [0, 0.1) is 0 Å². The van der Waals surface area contributed by atoms with E-state index >= 15 is 0 Å². The standard InChI is InChI=1S/C35H42Br2O2S/c1-3-5-7-9-11-13-19-35(20-14-12-10-8-6-4-2)31-21-25(36)15-17-27(31)29-24-34-30(23-32(29)35)28-18-16-26(37)22-33(28)40(34,38)39/h15-18,21-24H,3-14,19-20H2,1-2H3. The Balaban J connectivity index is 1.59. The third kappa shape index (κ3) is 5.64. The molecule has 0 atom stereocenters. The fourth-order valence-corrected chi connectivity index (χ4v) is 9.65. The maximum atomic E-state index is 13.7. The van der Waals surface area contributed by atoms with Gasteiger partial charge in [-0.2, -0.15) is 0 Å². The fourth-order valence-electron chi connectivity index (χ4n) is 7.06. The highest BCUT2D eigenvalue weighted by Gasteiger charge is 2.45. The smallest absolute Gasteiger partial charge is 0.207 e. The first-order valence-electron chi connectivity index (χ1n) is 15.4. The molecule has 3 aromatic carbocycles. The van der Waals surface area contributed by atoms with Crippen LogP contribution in [-0.4, -0.2) is 8.42 Å². The third-order valence-electron chi connectivity index (χ3n) is 9.15. The Morgan fingerprint density at radius 2 is 1.05 bits per heavy atom. The van der Waals surface area contributed by atoms with Crippen molar-refractivity contribution >= 4 is 41.7 Å². The van der Waals surface area contributed by atoms with Gasteiger partial charge < -0.3 is 0 Å². The minimum absolute atomic E-state index is 0.0825. The Hall–Kier alpha value is -1.43. The molecule has 0 fully saturated rings. The largest absolute Gasteiger partial charge is 0.218 e. The van der Waals surface area contributed by atoms with Gasteiger partial charge in [-0.1, -0.05) is 135 Å². The predicted octanol–water partition coefficient (Wildman–Crippen LogP) is 11.8. The van der Waals surface area contributed by atoms with E-state index in [0.717, 1.165) is 38.5 Å². The number of hydrogen-bond donors (Lipinski definition) is 0. The Kier molecular flexibility index (Phi) is 9.64. The number of fused-ring (bicyclic) bond motifs is 6. The molecule has 0 bridgehead atoms. The monoisotopic (exact) mass is 684 g/mol. The lowest BCUT2D eigenvalue weighted by molar-refractivity contribution is 0.397. The molecule has 3 aromatic rings. The van der Waals surface area contributed by atoms with Crippen LogP contribution in [0.1, 0.15) is 115 Å². The van der Waals surface area contributed by atoms with Crippen LogP contribution < -0.4 is 0 Å². The maximum Gasteiger partial charge on any atom is 0.207 e. The number of rotatable bonds is 14. The van der Waals surface area contributed by atoms with Crippen molar-refractivity contribution in [3.05, 3.63) is 68.6 Å². The van der Waals surface area contributed by atoms with Gasteiger partial charge in [-0.05, 0) is 71.5 Å². The van der Waals surface area contributed by atoms with Gasteiger partial charge in [-0.3, -0.25) is 0 Å². The normalized spacial score (nSPS) is 15.5. The van der Waals surface area contributed by atoms with E-state index in [9.17, 15) is 8.42 Å². The first kappa shape index (κ1) is 30.0. The maximum absolute atomic E-state index is 13.7. The quantitative estimate of drug-likeness (QED) is 0.124. The van der Waals surface area contributed by atoms with Gasteiger partial charge in [-0.25, -0.2) is 8.42 Å². The summed E-state index contributed by atoms with van der Waals surface area (Å²) in [6, 6.07) is 16.6. The molecule has 214 valence electrons. The van der Waals surface area contributed by atoms with E-state index in [1.54, 1.807) is 6.07 Å². The van der Waals surface area contributed by atoms with E-state index in [1.807, 2.05) is 18.2 Å². The Labute approximate surface area is 258 Å². The first-order chi connectivity index (χ1) is 19.3. The van der Waals surface area contributed by atoms with Gasteiger partial charge in [0, 0.05) is 25.5 Å². The number of benzene rings is 3. The molecule has 0 saturated carbocycles. The molecule has 2 aliphatic rings. The summed E-state index contributed by atoms with van der Waals surface area (Å²) in [7, 11) is -3.56. The van der Waals surface area contributed by atoms with Crippen molar-refractivity contribution in [2.24, 2.45) is 0 Å². The van der Waals surface area contributed by atoms with Crippen molar-refractivity contribution in [2.45, 2.75) is 119 Å². The average molecular weight is 687 g/mol. The van der Waals surface area contributed by atoms with Crippen molar-refractivity contribution in [3.63, 3.8) is 0 Å². The van der Waals surface area contributed by atoms with Gasteiger partial charge in [0.25, 0.3) is 0 Å².